The molecule has 100 valence electrons. The van der Waals surface area contributed by atoms with Crippen LogP contribution in [0, 0.1) is 0 Å². The second kappa shape index (κ2) is 7.00. The Morgan fingerprint density at radius 3 is 1.50 bits per heavy atom. The molecule has 0 atom stereocenters. The minimum absolute atomic E-state index is 0.822. The summed E-state index contributed by atoms with van der Waals surface area (Å²) in [5.74, 6) is 0. The summed E-state index contributed by atoms with van der Waals surface area (Å²) < 4.78 is 0. The third-order valence-corrected chi connectivity index (χ3v) is 2.85. The first-order valence-corrected chi connectivity index (χ1v) is 6.48. The lowest BCUT2D eigenvalue weighted by Crippen LogP contribution is -1.88. The van der Waals surface area contributed by atoms with Crippen molar-refractivity contribution in [3.63, 3.8) is 0 Å². The molecule has 0 aliphatic rings. The lowest BCUT2D eigenvalue weighted by Gasteiger charge is -2.03. The number of nitrogen functional groups attached to an aromatic ring is 2. The fourth-order valence-electron chi connectivity index (χ4n) is 1.83. The molecule has 0 aliphatic heterocycles. The maximum absolute atomic E-state index is 5.85. The monoisotopic (exact) mass is 262 g/mol. The largest absolute Gasteiger partial charge is 0.399 e. The maximum atomic E-state index is 5.85. The number of nitrogens with two attached hydrogens (primary N) is 2. The van der Waals surface area contributed by atoms with Crippen LogP contribution >= 0.6 is 0 Å². The molecule has 0 fully saturated rings. The first-order chi connectivity index (χ1) is 9.77. The molecule has 0 radical (unpaired) electrons. The zero-order chi connectivity index (χ0) is 14.2. The summed E-state index contributed by atoms with van der Waals surface area (Å²) >= 11 is 0. The van der Waals surface area contributed by atoms with Crippen molar-refractivity contribution in [1.82, 2.24) is 0 Å². The average molecular weight is 262 g/mol. The third kappa shape index (κ3) is 3.89. The van der Waals surface area contributed by atoms with E-state index in [4.69, 9.17) is 11.5 Å². The molecule has 0 aromatic heterocycles. The highest BCUT2D eigenvalue weighted by atomic mass is 14.6. The Bertz CT molecular complexity index is 634. The van der Waals surface area contributed by atoms with Crippen LogP contribution in [-0.2, 0) is 0 Å². The number of hydrogen-bond acceptors (Lipinski definition) is 2. The predicted octanol–water partition coefficient (Wildman–Crippen LogP) is 4.20. The molecule has 0 heterocycles. The van der Waals surface area contributed by atoms with Crippen molar-refractivity contribution in [3.8, 4) is 11.1 Å². The van der Waals surface area contributed by atoms with Crippen molar-refractivity contribution in [3.05, 3.63) is 84.9 Å². The molecule has 0 spiro atoms. The van der Waals surface area contributed by atoms with Gasteiger partial charge in [0.1, 0.15) is 0 Å². The van der Waals surface area contributed by atoms with E-state index in [0.29, 0.717) is 0 Å². The van der Waals surface area contributed by atoms with E-state index in [1.165, 1.54) is 5.56 Å². The zero-order valence-electron chi connectivity index (χ0n) is 11.2. The topological polar surface area (TPSA) is 52.0 Å². The first kappa shape index (κ1) is 13.7. The number of anilines is 2. The minimum Gasteiger partial charge on any atom is -0.399 e. The summed E-state index contributed by atoms with van der Waals surface area (Å²) in [6.45, 7) is 0. The van der Waals surface area contributed by atoms with Gasteiger partial charge in [-0.05, 0) is 23.8 Å². The lowest BCUT2D eigenvalue weighted by molar-refractivity contribution is 1.61. The minimum atomic E-state index is 0.822. The molecular weight excluding hydrogens is 244 g/mol. The Labute approximate surface area is 119 Å². The molecule has 0 saturated heterocycles. The van der Waals surface area contributed by atoms with Gasteiger partial charge >= 0.3 is 0 Å². The van der Waals surface area contributed by atoms with E-state index in [0.717, 1.165) is 16.9 Å². The molecular formula is C18H18N2. The van der Waals surface area contributed by atoms with Gasteiger partial charge < -0.3 is 11.5 Å². The van der Waals surface area contributed by atoms with Crippen LogP contribution in [0.1, 0.15) is 0 Å². The molecule has 0 unspecified atom stereocenters. The van der Waals surface area contributed by atoms with E-state index >= 15 is 0 Å². The van der Waals surface area contributed by atoms with E-state index in [1.807, 2.05) is 72.8 Å². The molecule has 2 heteroatoms. The van der Waals surface area contributed by atoms with Crippen LogP contribution in [0.5, 0.6) is 0 Å². The third-order valence-electron chi connectivity index (χ3n) is 2.85. The molecule has 0 amide bonds. The van der Waals surface area contributed by atoms with Crippen LogP contribution in [0.2, 0.25) is 0 Å². The summed E-state index contributed by atoms with van der Waals surface area (Å²) in [5.41, 5.74) is 15.1. The van der Waals surface area contributed by atoms with E-state index < -0.39 is 0 Å². The van der Waals surface area contributed by atoms with Gasteiger partial charge in [-0.15, -0.1) is 0 Å². The van der Waals surface area contributed by atoms with Gasteiger partial charge in [0.25, 0.3) is 0 Å². The fourth-order valence-corrected chi connectivity index (χ4v) is 1.83. The summed E-state index contributed by atoms with van der Waals surface area (Å²) in [6, 6.07) is 27.5. The predicted molar refractivity (Wildman–Crippen MR) is 87.1 cm³/mol. The molecule has 20 heavy (non-hydrogen) atoms. The van der Waals surface area contributed by atoms with Crippen LogP contribution < -0.4 is 11.5 Å². The molecule has 0 aliphatic carbocycles. The van der Waals surface area contributed by atoms with E-state index in [-0.39, 0.29) is 0 Å². The quantitative estimate of drug-likeness (QED) is 0.646. The summed E-state index contributed by atoms with van der Waals surface area (Å²) in [7, 11) is 0. The van der Waals surface area contributed by atoms with E-state index in [1.54, 1.807) is 0 Å². The Morgan fingerprint density at radius 2 is 1.00 bits per heavy atom. The highest BCUT2D eigenvalue weighted by Gasteiger charge is 1.98. The Kier molecular flexibility index (Phi) is 4.79. The fraction of sp³-hybridized carbons (Fsp3) is 0. The van der Waals surface area contributed by atoms with Gasteiger partial charge in [-0.1, -0.05) is 66.7 Å². The van der Waals surface area contributed by atoms with Crippen molar-refractivity contribution >= 4 is 11.4 Å². The van der Waals surface area contributed by atoms with Gasteiger partial charge in [-0.25, -0.2) is 0 Å². The van der Waals surface area contributed by atoms with Crippen molar-refractivity contribution < 1.29 is 0 Å². The smallest absolute Gasteiger partial charge is 0.0393 e. The Morgan fingerprint density at radius 1 is 0.500 bits per heavy atom. The Hall–Kier alpha value is -2.74. The molecule has 2 nitrogen and oxygen atoms in total. The second-order valence-corrected chi connectivity index (χ2v) is 4.36. The molecule has 3 aromatic carbocycles. The van der Waals surface area contributed by atoms with Crippen molar-refractivity contribution in [2.75, 3.05) is 11.5 Å². The van der Waals surface area contributed by atoms with Crippen LogP contribution in [0.25, 0.3) is 11.1 Å². The van der Waals surface area contributed by atoms with Crippen molar-refractivity contribution in [2.45, 2.75) is 0 Å². The number of rotatable bonds is 1. The highest BCUT2D eigenvalue weighted by Crippen LogP contribution is 2.24. The Balaban J connectivity index is 0.000000178. The first-order valence-electron chi connectivity index (χ1n) is 6.48. The maximum Gasteiger partial charge on any atom is 0.0393 e. The SMILES string of the molecule is Nc1ccccc1.Nc1ccccc1-c1ccccc1. The van der Waals surface area contributed by atoms with Crippen LogP contribution in [0.3, 0.4) is 0 Å². The normalized spacial score (nSPS) is 9.40. The highest BCUT2D eigenvalue weighted by molar-refractivity contribution is 5.75. The number of para-hydroxylation sites is 2. The summed E-state index contributed by atoms with van der Waals surface area (Å²) in [5, 5.41) is 0. The van der Waals surface area contributed by atoms with Crippen LogP contribution in [0.15, 0.2) is 84.9 Å². The second-order valence-electron chi connectivity index (χ2n) is 4.36. The van der Waals surface area contributed by atoms with Gasteiger partial charge in [0.05, 0.1) is 0 Å². The molecule has 4 N–H and O–H groups in total. The van der Waals surface area contributed by atoms with Crippen molar-refractivity contribution in [2.24, 2.45) is 0 Å². The molecule has 0 bridgehead atoms. The number of benzene rings is 3. The van der Waals surface area contributed by atoms with Crippen LogP contribution in [-0.4, -0.2) is 0 Å². The average Bonchev–Trinajstić information content (AvgIpc) is 2.50. The van der Waals surface area contributed by atoms with Gasteiger partial charge in [-0.2, -0.15) is 0 Å². The summed E-state index contributed by atoms with van der Waals surface area (Å²) in [4.78, 5) is 0. The van der Waals surface area contributed by atoms with Gasteiger partial charge in [0.2, 0.25) is 0 Å². The van der Waals surface area contributed by atoms with E-state index in [2.05, 4.69) is 12.1 Å². The molecule has 3 aromatic rings. The lowest BCUT2D eigenvalue weighted by atomic mass is 10.0. The van der Waals surface area contributed by atoms with Crippen molar-refractivity contribution in [1.29, 1.82) is 0 Å². The van der Waals surface area contributed by atoms with Gasteiger partial charge in [-0.3, -0.25) is 0 Å². The number of hydrogen-bond donors (Lipinski definition) is 2. The van der Waals surface area contributed by atoms with Crippen LogP contribution in [0.4, 0.5) is 11.4 Å². The zero-order valence-corrected chi connectivity index (χ0v) is 11.2. The van der Waals surface area contributed by atoms with E-state index in [9.17, 15) is 0 Å². The standard InChI is InChI=1S/C12H11N.C6H7N/c13-12-9-5-4-8-11(12)10-6-2-1-3-7-10;7-6-4-2-1-3-5-6/h1-9H,13H2;1-5H,7H2. The summed E-state index contributed by atoms with van der Waals surface area (Å²) in [6.07, 6.45) is 0. The molecule has 3 rings (SSSR count). The van der Waals surface area contributed by atoms with Gasteiger partial charge in [0.15, 0.2) is 0 Å². The van der Waals surface area contributed by atoms with Gasteiger partial charge in [0, 0.05) is 16.9 Å². The molecule has 0 saturated carbocycles.